The Morgan fingerprint density at radius 2 is 1.56 bits per heavy atom. The van der Waals surface area contributed by atoms with Crippen LogP contribution in [0.15, 0.2) is 79.0 Å². The molecule has 160 valence electrons. The van der Waals surface area contributed by atoms with Crippen molar-refractivity contribution >= 4 is 45.3 Å². The summed E-state index contributed by atoms with van der Waals surface area (Å²) >= 11 is 0. The first-order valence-electron chi connectivity index (χ1n) is 10.3. The zero-order chi connectivity index (χ0) is 22.7. The van der Waals surface area contributed by atoms with Gasteiger partial charge in [-0.25, -0.2) is 0 Å². The van der Waals surface area contributed by atoms with Crippen molar-refractivity contribution in [2.24, 2.45) is 0 Å². The van der Waals surface area contributed by atoms with Crippen molar-refractivity contribution < 1.29 is 9.59 Å². The maximum absolute atomic E-state index is 12.5. The van der Waals surface area contributed by atoms with Crippen LogP contribution in [0.2, 0.25) is 0 Å². The van der Waals surface area contributed by atoms with Crippen molar-refractivity contribution in [3.63, 3.8) is 0 Å². The molecule has 3 aromatic carbocycles. The second-order valence-electron chi connectivity index (χ2n) is 7.75. The summed E-state index contributed by atoms with van der Waals surface area (Å²) in [5, 5.41) is 7.34. The maximum atomic E-state index is 12.5. The summed E-state index contributed by atoms with van der Waals surface area (Å²) in [6.45, 7) is 1.48. The first kappa shape index (κ1) is 21.1. The van der Waals surface area contributed by atoms with E-state index in [1.165, 1.54) is 6.92 Å². The lowest BCUT2D eigenvalue weighted by atomic mass is 10.1. The van der Waals surface area contributed by atoms with Gasteiger partial charge < -0.3 is 15.5 Å². The first-order chi connectivity index (χ1) is 15.4. The molecule has 0 saturated heterocycles. The molecule has 0 fully saturated rings. The van der Waals surface area contributed by atoms with Crippen LogP contribution in [0.3, 0.4) is 0 Å². The average Bonchev–Trinajstić information content (AvgIpc) is 2.80. The van der Waals surface area contributed by atoms with E-state index < -0.39 is 0 Å². The molecule has 0 bridgehead atoms. The number of rotatable bonds is 6. The van der Waals surface area contributed by atoms with E-state index in [0.29, 0.717) is 16.8 Å². The van der Waals surface area contributed by atoms with Gasteiger partial charge in [-0.15, -0.1) is 0 Å². The van der Waals surface area contributed by atoms with E-state index in [2.05, 4.69) is 26.6 Å². The van der Waals surface area contributed by atoms with Crippen molar-refractivity contribution in [2.45, 2.75) is 6.92 Å². The second-order valence-corrected chi connectivity index (χ2v) is 7.75. The van der Waals surface area contributed by atoms with Crippen molar-refractivity contribution in [2.75, 3.05) is 29.6 Å². The van der Waals surface area contributed by atoms with Crippen LogP contribution in [0.25, 0.3) is 10.9 Å². The third-order valence-electron chi connectivity index (χ3n) is 5.19. The molecule has 0 aliphatic carbocycles. The highest BCUT2D eigenvalue weighted by Gasteiger charge is 2.09. The van der Waals surface area contributed by atoms with Gasteiger partial charge >= 0.3 is 0 Å². The van der Waals surface area contributed by atoms with Gasteiger partial charge in [0.1, 0.15) is 0 Å². The lowest BCUT2D eigenvalue weighted by molar-refractivity contribution is 0.101. The number of amides is 1. The van der Waals surface area contributed by atoms with Gasteiger partial charge in [-0.3, -0.25) is 14.6 Å². The zero-order valence-electron chi connectivity index (χ0n) is 18.2. The normalized spacial score (nSPS) is 10.6. The van der Waals surface area contributed by atoms with Crippen LogP contribution in [-0.2, 0) is 0 Å². The molecule has 4 aromatic rings. The molecular formula is C26H24N4O2. The molecule has 4 rings (SSSR count). The topological polar surface area (TPSA) is 74.3 Å². The summed E-state index contributed by atoms with van der Waals surface area (Å²) in [4.78, 5) is 30.6. The molecule has 0 spiro atoms. The van der Waals surface area contributed by atoms with Crippen molar-refractivity contribution in [3.05, 3.63) is 90.1 Å². The number of Topliss-reactive ketones (excluding diaryl/α,β-unsaturated/α-hetero) is 1. The van der Waals surface area contributed by atoms with Crippen LogP contribution in [0, 0.1) is 0 Å². The Labute approximate surface area is 186 Å². The predicted octanol–water partition coefficient (Wildman–Crippen LogP) is 5.50. The minimum Gasteiger partial charge on any atom is -0.378 e. The van der Waals surface area contributed by atoms with E-state index >= 15 is 0 Å². The molecule has 1 heterocycles. The summed E-state index contributed by atoms with van der Waals surface area (Å²) in [7, 11) is 4.02. The fraction of sp³-hybridized carbons (Fsp3) is 0.115. The molecule has 0 aliphatic heterocycles. The quantitative estimate of drug-likeness (QED) is 0.400. The standard InChI is InChI=1S/C26H24N4O2/c1-17(31)18-5-4-6-19(15-18)26(32)29-21-9-7-20(8-10-21)28-25-13-14-27-24-12-11-22(30(2)3)16-23(24)25/h4-16H,1-3H3,(H,27,28)(H,29,32). The Hall–Kier alpha value is -4.19. The predicted molar refractivity (Wildman–Crippen MR) is 130 cm³/mol. The molecule has 0 radical (unpaired) electrons. The number of nitrogens with one attached hydrogen (secondary N) is 2. The number of nitrogens with zero attached hydrogens (tertiary/aromatic N) is 2. The molecule has 2 N–H and O–H groups in total. The lowest BCUT2D eigenvalue weighted by Crippen LogP contribution is -2.12. The third-order valence-corrected chi connectivity index (χ3v) is 5.19. The minimum absolute atomic E-state index is 0.0728. The number of hydrogen-bond acceptors (Lipinski definition) is 5. The van der Waals surface area contributed by atoms with E-state index in [4.69, 9.17) is 0 Å². The Bertz CT molecular complexity index is 1300. The van der Waals surface area contributed by atoms with Gasteiger partial charge in [0, 0.05) is 59.6 Å². The van der Waals surface area contributed by atoms with Crippen molar-refractivity contribution in [1.29, 1.82) is 0 Å². The van der Waals surface area contributed by atoms with Crippen LogP contribution in [0.1, 0.15) is 27.6 Å². The van der Waals surface area contributed by atoms with Crippen LogP contribution >= 0.6 is 0 Å². The van der Waals surface area contributed by atoms with Crippen molar-refractivity contribution in [3.8, 4) is 0 Å². The van der Waals surface area contributed by atoms with Crippen LogP contribution in [0.4, 0.5) is 22.7 Å². The highest BCUT2D eigenvalue weighted by molar-refractivity contribution is 6.06. The molecule has 32 heavy (non-hydrogen) atoms. The molecule has 0 unspecified atom stereocenters. The Morgan fingerprint density at radius 1 is 0.844 bits per heavy atom. The fourth-order valence-electron chi connectivity index (χ4n) is 3.40. The summed E-state index contributed by atoms with van der Waals surface area (Å²) in [5.74, 6) is -0.332. The Morgan fingerprint density at radius 3 is 2.28 bits per heavy atom. The van der Waals surface area contributed by atoms with Gasteiger partial charge in [-0.2, -0.15) is 0 Å². The smallest absolute Gasteiger partial charge is 0.255 e. The number of carbonyl (C=O) groups is 2. The van der Waals surface area contributed by atoms with Crippen LogP contribution < -0.4 is 15.5 Å². The number of carbonyl (C=O) groups excluding carboxylic acids is 2. The molecule has 0 saturated carbocycles. The summed E-state index contributed by atoms with van der Waals surface area (Å²) in [5.41, 5.74) is 5.49. The Kier molecular flexibility index (Phi) is 5.85. The highest BCUT2D eigenvalue weighted by atomic mass is 16.1. The number of anilines is 4. The average molecular weight is 425 g/mol. The molecule has 6 heteroatoms. The fourth-order valence-corrected chi connectivity index (χ4v) is 3.40. The van der Waals surface area contributed by atoms with E-state index in [-0.39, 0.29) is 11.7 Å². The van der Waals surface area contributed by atoms with E-state index in [9.17, 15) is 9.59 Å². The number of hydrogen-bond donors (Lipinski definition) is 2. The van der Waals surface area contributed by atoms with Gasteiger partial charge in [-0.1, -0.05) is 12.1 Å². The first-order valence-corrected chi connectivity index (χ1v) is 10.3. The van der Waals surface area contributed by atoms with Gasteiger partial charge in [0.2, 0.25) is 0 Å². The third kappa shape index (κ3) is 4.59. The summed E-state index contributed by atoms with van der Waals surface area (Å²) < 4.78 is 0. The van der Waals surface area contributed by atoms with Crippen molar-refractivity contribution in [1.82, 2.24) is 4.98 Å². The van der Waals surface area contributed by atoms with E-state index in [1.807, 2.05) is 56.6 Å². The van der Waals surface area contributed by atoms with Gasteiger partial charge in [0.25, 0.3) is 5.91 Å². The number of pyridine rings is 1. The number of aromatic nitrogens is 1. The lowest BCUT2D eigenvalue weighted by Gasteiger charge is -2.15. The molecule has 1 aromatic heterocycles. The summed E-state index contributed by atoms with van der Waals surface area (Å²) in [6.07, 6.45) is 1.78. The molecular weight excluding hydrogens is 400 g/mol. The molecule has 0 atom stereocenters. The van der Waals surface area contributed by atoms with Crippen LogP contribution in [-0.4, -0.2) is 30.8 Å². The van der Waals surface area contributed by atoms with Gasteiger partial charge in [0.05, 0.1) is 5.52 Å². The molecule has 0 aliphatic rings. The molecule has 1 amide bonds. The maximum Gasteiger partial charge on any atom is 0.255 e. The SMILES string of the molecule is CC(=O)c1cccc(C(=O)Nc2ccc(Nc3ccnc4ccc(N(C)C)cc34)cc2)c1. The Balaban J connectivity index is 1.51. The van der Waals surface area contributed by atoms with E-state index in [0.717, 1.165) is 28.0 Å². The zero-order valence-corrected chi connectivity index (χ0v) is 18.2. The second kappa shape index (κ2) is 8.89. The van der Waals surface area contributed by atoms with E-state index in [1.54, 1.807) is 30.5 Å². The van der Waals surface area contributed by atoms with Gasteiger partial charge in [-0.05, 0) is 67.6 Å². The van der Waals surface area contributed by atoms with Crippen LogP contribution in [0.5, 0.6) is 0 Å². The largest absolute Gasteiger partial charge is 0.378 e. The summed E-state index contributed by atoms with van der Waals surface area (Å²) in [6, 6.07) is 22.3. The highest BCUT2D eigenvalue weighted by Crippen LogP contribution is 2.29. The minimum atomic E-state index is -0.259. The number of fused-ring (bicyclic) bond motifs is 1. The number of benzene rings is 3. The number of ketones is 1. The van der Waals surface area contributed by atoms with Gasteiger partial charge in [0.15, 0.2) is 5.78 Å². The molecule has 6 nitrogen and oxygen atoms in total. The monoisotopic (exact) mass is 424 g/mol.